The van der Waals surface area contributed by atoms with Crippen LogP contribution in [0.5, 0.6) is 0 Å². The zero-order valence-corrected chi connectivity index (χ0v) is 13.6. The Balaban J connectivity index is 2.14. The average Bonchev–Trinajstić information content (AvgIpc) is 2.54. The summed E-state index contributed by atoms with van der Waals surface area (Å²) in [5, 5.41) is 10.4. The molecule has 0 aliphatic carbocycles. The van der Waals surface area contributed by atoms with Gasteiger partial charge >= 0.3 is 18.1 Å². The average molecular weight is 388 g/mol. The van der Waals surface area contributed by atoms with E-state index in [9.17, 15) is 31.2 Å². The number of hydrogen-bond acceptors (Lipinski definition) is 4. The van der Waals surface area contributed by atoms with Gasteiger partial charge in [0.15, 0.2) is 0 Å². The lowest BCUT2D eigenvalue weighted by molar-refractivity contribution is -0.167. The highest BCUT2D eigenvalue weighted by molar-refractivity contribution is 7.92. The lowest BCUT2D eigenvalue weighted by atomic mass is 10.2. The zero-order chi connectivity index (χ0) is 19.5. The number of carboxylic acids is 1. The fourth-order valence-corrected chi connectivity index (χ4v) is 2.87. The topological polar surface area (TPSA) is 113 Å². The normalized spacial score (nSPS) is 11.7. The summed E-state index contributed by atoms with van der Waals surface area (Å²) >= 11 is 0. The van der Waals surface area contributed by atoms with Crippen LogP contribution in [-0.2, 0) is 14.8 Å². The molecule has 0 heterocycles. The van der Waals surface area contributed by atoms with Crippen molar-refractivity contribution in [2.45, 2.75) is 11.1 Å². The highest BCUT2D eigenvalue weighted by Gasteiger charge is 2.38. The smallest absolute Gasteiger partial charge is 0.471 e. The van der Waals surface area contributed by atoms with Crippen molar-refractivity contribution in [3.05, 3.63) is 54.1 Å². The van der Waals surface area contributed by atoms with E-state index in [1.165, 1.54) is 24.3 Å². The van der Waals surface area contributed by atoms with Crippen LogP contribution in [0, 0.1) is 0 Å². The fraction of sp³-hybridized carbons (Fsp3) is 0.0667. The van der Waals surface area contributed by atoms with Gasteiger partial charge in [-0.25, -0.2) is 13.2 Å². The first-order chi connectivity index (χ1) is 12.0. The minimum atomic E-state index is -5.06. The molecule has 0 unspecified atom stereocenters. The summed E-state index contributed by atoms with van der Waals surface area (Å²) in [4.78, 5) is 21.3. The first-order valence-corrected chi connectivity index (χ1v) is 8.32. The van der Waals surface area contributed by atoms with Gasteiger partial charge in [-0.05, 0) is 48.5 Å². The third-order valence-electron chi connectivity index (χ3n) is 3.06. The Hall–Kier alpha value is -3.08. The van der Waals surface area contributed by atoms with Crippen molar-refractivity contribution in [2.75, 3.05) is 10.0 Å². The highest BCUT2D eigenvalue weighted by atomic mass is 32.2. The van der Waals surface area contributed by atoms with Crippen LogP contribution in [0.4, 0.5) is 24.5 Å². The molecule has 26 heavy (non-hydrogen) atoms. The molecule has 1 amide bonds. The molecule has 2 aromatic rings. The van der Waals surface area contributed by atoms with Gasteiger partial charge in [0, 0.05) is 11.4 Å². The fourth-order valence-electron chi connectivity index (χ4n) is 1.81. The van der Waals surface area contributed by atoms with Crippen molar-refractivity contribution >= 4 is 33.3 Å². The zero-order valence-electron chi connectivity index (χ0n) is 12.7. The van der Waals surface area contributed by atoms with Crippen LogP contribution in [0.15, 0.2) is 53.4 Å². The van der Waals surface area contributed by atoms with Gasteiger partial charge in [0.2, 0.25) is 0 Å². The molecular formula is C15H11F3N2O5S. The number of sulfonamides is 1. The lowest BCUT2D eigenvalue weighted by Crippen LogP contribution is -2.29. The number of alkyl halides is 3. The third kappa shape index (κ3) is 4.72. The van der Waals surface area contributed by atoms with E-state index in [2.05, 4.69) is 4.72 Å². The van der Waals surface area contributed by atoms with Crippen molar-refractivity contribution in [2.24, 2.45) is 0 Å². The quantitative estimate of drug-likeness (QED) is 0.729. The van der Waals surface area contributed by atoms with Crippen LogP contribution < -0.4 is 10.0 Å². The monoisotopic (exact) mass is 388 g/mol. The van der Waals surface area contributed by atoms with Crippen LogP contribution in [0.3, 0.4) is 0 Å². The molecule has 3 N–H and O–H groups in total. The van der Waals surface area contributed by atoms with Gasteiger partial charge in [-0.1, -0.05) is 0 Å². The number of carbonyl (C=O) groups excluding carboxylic acids is 1. The maximum absolute atomic E-state index is 12.2. The molecule has 7 nitrogen and oxygen atoms in total. The van der Waals surface area contributed by atoms with E-state index < -0.39 is 28.1 Å². The predicted molar refractivity (Wildman–Crippen MR) is 85.3 cm³/mol. The molecule has 2 aromatic carbocycles. The van der Waals surface area contributed by atoms with Crippen molar-refractivity contribution in [1.29, 1.82) is 0 Å². The second-order valence-corrected chi connectivity index (χ2v) is 6.65. The van der Waals surface area contributed by atoms with E-state index in [4.69, 9.17) is 5.11 Å². The molecule has 0 aliphatic rings. The van der Waals surface area contributed by atoms with Gasteiger partial charge in [-0.15, -0.1) is 0 Å². The number of amides is 1. The van der Waals surface area contributed by atoms with Crippen LogP contribution in [-0.4, -0.2) is 31.6 Å². The van der Waals surface area contributed by atoms with E-state index in [0.29, 0.717) is 0 Å². The summed E-state index contributed by atoms with van der Waals surface area (Å²) in [5.74, 6) is -3.35. The Kier molecular flexibility index (Phi) is 5.21. The van der Waals surface area contributed by atoms with Crippen molar-refractivity contribution in [3.8, 4) is 0 Å². The lowest BCUT2D eigenvalue weighted by Gasteiger charge is -2.10. The van der Waals surface area contributed by atoms with Gasteiger partial charge in [-0.2, -0.15) is 13.2 Å². The first kappa shape index (κ1) is 19.2. The van der Waals surface area contributed by atoms with Crippen LogP contribution >= 0.6 is 0 Å². The maximum Gasteiger partial charge on any atom is 0.471 e. The Labute approximate surface area is 145 Å². The van der Waals surface area contributed by atoms with E-state index in [0.717, 1.165) is 24.3 Å². The Morgan fingerprint density at radius 1 is 0.885 bits per heavy atom. The minimum Gasteiger partial charge on any atom is -0.478 e. The summed E-state index contributed by atoms with van der Waals surface area (Å²) in [5.41, 5.74) is -0.153. The summed E-state index contributed by atoms with van der Waals surface area (Å²) in [6.45, 7) is 0. The molecule has 0 bridgehead atoms. The van der Waals surface area contributed by atoms with Gasteiger partial charge in [0.1, 0.15) is 0 Å². The summed E-state index contributed by atoms with van der Waals surface area (Å²) in [6.07, 6.45) is -5.06. The minimum absolute atomic E-state index is 0.0299. The molecule has 138 valence electrons. The van der Waals surface area contributed by atoms with E-state index >= 15 is 0 Å². The van der Waals surface area contributed by atoms with Gasteiger partial charge < -0.3 is 10.4 Å². The molecule has 2 rings (SSSR count). The number of nitrogens with one attached hydrogen (secondary N) is 2. The second kappa shape index (κ2) is 7.04. The second-order valence-electron chi connectivity index (χ2n) is 4.96. The van der Waals surface area contributed by atoms with Crippen LogP contribution in [0.25, 0.3) is 0 Å². The number of carbonyl (C=O) groups is 2. The van der Waals surface area contributed by atoms with Gasteiger partial charge in [0.25, 0.3) is 10.0 Å². The SMILES string of the molecule is O=C(O)c1ccc(NS(=O)(=O)c2ccc(NC(=O)C(F)(F)F)cc2)cc1. The number of benzene rings is 2. The Morgan fingerprint density at radius 2 is 1.38 bits per heavy atom. The predicted octanol–water partition coefficient (Wildman–Crippen LogP) is 2.69. The molecule has 0 saturated carbocycles. The van der Waals surface area contributed by atoms with Gasteiger partial charge in [0.05, 0.1) is 10.5 Å². The number of hydrogen-bond donors (Lipinski definition) is 3. The highest BCUT2D eigenvalue weighted by Crippen LogP contribution is 2.21. The molecule has 0 saturated heterocycles. The Bertz CT molecular complexity index is 923. The molecule has 0 atom stereocenters. The standard InChI is InChI=1S/C15H11F3N2O5S/c16-15(17,18)14(23)19-10-5-7-12(8-6-10)26(24,25)20-11-3-1-9(2-4-11)13(21)22/h1-8,20H,(H,19,23)(H,21,22). The Morgan fingerprint density at radius 3 is 1.85 bits per heavy atom. The molecule has 0 aliphatic heterocycles. The molecule has 0 radical (unpaired) electrons. The maximum atomic E-state index is 12.2. The number of aromatic carboxylic acids is 1. The number of rotatable bonds is 5. The van der Waals surface area contributed by atoms with Gasteiger partial charge in [-0.3, -0.25) is 9.52 Å². The molecule has 11 heteroatoms. The number of halogens is 3. The molecule has 0 spiro atoms. The first-order valence-electron chi connectivity index (χ1n) is 6.83. The number of anilines is 2. The summed E-state index contributed by atoms with van der Waals surface area (Å²) < 4.78 is 63.1. The summed E-state index contributed by atoms with van der Waals surface area (Å²) in [6, 6.07) is 8.95. The van der Waals surface area contributed by atoms with Crippen molar-refractivity contribution < 1.29 is 36.3 Å². The van der Waals surface area contributed by atoms with E-state index in [1.54, 1.807) is 5.32 Å². The van der Waals surface area contributed by atoms with E-state index in [1.807, 2.05) is 0 Å². The molecular weight excluding hydrogens is 377 g/mol. The van der Waals surface area contributed by atoms with Crippen molar-refractivity contribution in [3.63, 3.8) is 0 Å². The third-order valence-corrected chi connectivity index (χ3v) is 4.46. The molecule has 0 aromatic heterocycles. The van der Waals surface area contributed by atoms with E-state index in [-0.39, 0.29) is 21.8 Å². The largest absolute Gasteiger partial charge is 0.478 e. The van der Waals surface area contributed by atoms with Crippen LogP contribution in [0.1, 0.15) is 10.4 Å². The van der Waals surface area contributed by atoms with Crippen LogP contribution in [0.2, 0.25) is 0 Å². The summed E-state index contributed by atoms with van der Waals surface area (Å²) in [7, 11) is -4.05. The molecule has 0 fully saturated rings. The van der Waals surface area contributed by atoms with Crippen molar-refractivity contribution in [1.82, 2.24) is 0 Å². The number of carboxylic acid groups (broad SMARTS) is 1.